The van der Waals surface area contributed by atoms with E-state index in [2.05, 4.69) is 327 Å². The summed E-state index contributed by atoms with van der Waals surface area (Å²) in [6, 6.07) is 162. The van der Waals surface area contributed by atoms with Crippen LogP contribution >= 0.6 is 47.8 Å². The molecule has 0 aliphatic rings. The quantitative estimate of drug-likeness (QED) is 0.0667. The van der Waals surface area contributed by atoms with Crippen molar-refractivity contribution in [3.05, 3.63) is 537 Å². The first-order chi connectivity index (χ1) is 59.4. The third-order valence-electron chi connectivity index (χ3n) is 23.3. The van der Waals surface area contributed by atoms with E-state index in [0.717, 1.165) is 125 Å². The zero-order valence-electron chi connectivity index (χ0n) is 66.0. The highest BCUT2D eigenvalue weighted by molar-refractivity contribution is 9.11. The SMILES string of the molecule is OC(c1ccc(-c2cc3ccccc3c3ccccc23)cc1)(c1cccc(Br)c1)c1ccccc1-c1ccccc1.OC(c1ccc(-c2cccc3ccccc23)cc1)(c1cccc(Br)c1)c1ccccc1-c1ccccc1.OC(c1cccc(Br)c1)(c1cccc(-c2cccc(-c3ccc4ccccc4c3)c2)c1)c1ccccc1-c1ccccc1. The second-order valence-electron chi connectivity index (χ2n) is 30.5. The third-order valence-corrected chi connectivity index (χ3v) is 24.8. The van der Waals surface area contributed by atoms with Crippen molar-refractivity contribution in [3.63, 3.8) is 0 Å². The standard InChI is InChI=1S/C41H29BrO.C39H27BrO.C35H25BrO/c42-38-20-10-19-37(28-38)41(43,40-22-7-6-21-39(40)30-12-2-1-3-13-30)36-18-9-17-34(27-36)32-15-8-16-33(26-32)35-24-23-29-11-4-5-14-31(29)25-35;40-32-15-10-14-31(26-32)39(41,38-20-9-8-17-34(38)27-11-2-1-3-12-27)30-23-21-28(22-24-30)37-25-29-13-4-5-16-33(29)35-18-6-7-19-36(35)37;36-30-15-9-14-29(24-30)35(37,34-19-7-6-17-33(34)26-10-2-1-3-11-26)28-22-20-27(21-23-28)32-18-8-13-25-12-4-5-16-31(25)32/h1-28,43H;1-26,41H;1-24,37H. The van der Waals surface area contributed by atoms with Crippen molar-refractivity contribution in [2.75, 3.05) is 0 Å². The van der Waals surface area contributed by atoms with Crippen LogP contribution in [0, 0.1) is 0 Å². The Morgan fingerprint density at radius 2 is 0.446 bits per heavy atom. The Bertz CT molecular complexity index is 7110. The van der Waals surface area contributed by atoms with E-state index in [4.69, 9.17) is 0 Å². The number of aliphatic hydroxyl groups is 3. The average Bonchev–Trinajstić information content (AvgIpc) is 0.751. The molecule has 121 heavy (non-hydrogen) atoms. The van der Waals surface area contributed by atoms with Crippen LogP contribution in [-0.2, 0) is 16.8 Å². The van der Waals surface area contributed by atoms with Gasteiger partial charge in [0.25, 0.3) is 0 Å². The van der Waals surface area contributed by atoms with E-state index in [9.17, 15) is 15.3 Å². The molecule has 0 spiro atoms. The molecule has 0 amide bonds. The molecule has 3 N–H and O–H groups in total. The van der Waals surface area contributed by atoms with Gasteiger partial charge in [-0.25, -0.2) is 0 Å². The van der Waals surface area contributed by atoms with Gasteiger partial charge in [-0.15, -0.1) is 0 Å². The average molecular weight is 1750 g/mol. The van der Waals surface area contributed by atoms with Gasteiger partial charge in [0.1, 0.15) is 16.8 Å². The molecule has 3 nitrogen and oxygen atoms in total. The molecule has 580 valence electrons. The maximum absolute atomic E-state index is 13.0. The summed E-state index contributed by atoms with van der Waals surface area (Å²) in [6.07, 6.45) is 0. The van der Waals surface area contributed by atoms with Crippen LogP contribution < -0.4 is 0 Å². The van der Waals surface area contributed by atoms with Crippen molar-refractivity contribution in [1.29, 1.82) is 0 Å². The maximum atomic E-state index is 13.0. The van der Waals surface area contributed by atoms with Gasteiger partial charge in [-0.1, -0.05) is 460 Å². The van der Waals surface area contributed by atoms with Gasteiger partial charge in [0.05, 0.1) is 0 Å². The van der Waals surface area contributed by atoms with Crippen LogP contribution in [0.3, 0.4) is 0 Å². The van der Waals surface area contributed by atoms with E-state index in [-0.39, 0.29) is 0 Å². The molecule has 20 aromatic rings. The van der Waals surface area contributed by atoms with Gasteiger partial charge < -0.3 is 15.3 Å². The zero-order valence-corrected chi connectivity index (χ0v) is 70.8. The molecular formula is C115H81Br3O3. The van der Waals surface area contributed by atoms with Gasteiger partial charge in [0.2, 0.25) is 0 Å². The van der Waals surface area contributed by atoms with Crippen molar-refractivity contribution in [2.24, 2.45) is 0 Å². The zero-order chi connectivity index (χ0) is 82.3. The molecular weight excluding hydrogens is 1670 g/mol. The summed E-state index contributed by atoms with van der Waals surface area (Å²) in [5.41, 5.74) is 18.5. The van der Waals surface area contributed by atoms with Gasteiger partial charge >= 0.3 is 0 Å². The number of hydrogen-bond donors (Lipinski definition) is 3. The second kappa shape index (κ2) is 35.0. The predicted octanol–water partition coefficient (Wildman–Crippen LogP) is 30.5. The van der Waals surface area contributed by atoms with Gasteiger partial charge in [-0.05, 0) is 215 Å². The monoisotopic (exact) mass is 1750 g/mol. The van der Waals surface area contributed by atoms with Gasteiger partial charge in [-0.2, -0.15) is 0 Å². The Hall–Kier alpha value is -13.2. The summed E-state index contributed by atoms with van der Waals surface area (Å²) in [7, 11) is 0. The first kappa shape index (κ1) is 78.9. The van der Waals surface area contributed by atoms with Crippen molar-refractivity contribution < 1.29 is 15.3 Å². The molecule has 3 unspecified atom stereocenters. The summed E-state index contributed by atoms with van der Waals surface area (Å²) in [5, 5.41) is 48.3. The smallest absolute Gasteiger partial charge is 0.141 e. The first-order valence-corrected chi connectivity index (χ1v) is 42.9. The molecule has 6 heteroatoms. The molecule has 3 atom stereocenters. The van der Waals surface area contributed by atoms with Crippen LogP contribution in [0.5, 0.6) is 0 Å². The van der Waals surface area contributed by atoms with Crippen LogP contribution in [0.2, 0.25) is 0 Å². The van der Waals surface area contributed by atoms with Gasteiger partial charge in [0.15, 0.2) is 0 Å². The second-order valence-corrected chi connectivity index (χ2v) is 33.2. The number of fused-ring (bicyclic) bond motifs is 5. The van der Waals surface area contributed by atoms with E-state index in [0.29, 0.717) is 0 Å². The highest BCUT2D eigenvalue weighted by Gasteiger charge is 2.40. The Kier molecular flexibility index (Phi) is 22.8. The van der Waals surface area contributed by atoms with Crippen LogP contribution in [-0.4, -0.2) is 15.3 Å². The molecule has 0 fully saturated rings. The molecule has 0 aliphatic carbocycles. The summed E-state index contributed by atoms with van der Waals surface area (Å²) in [5.74, 6) is 0. The van der Waals surface area contributed by atoms with Crippen molar-refractivity contribution in [2.45, 2.75) is 16.8 Å². The fraction of sp³-hybridized carbons (Fsp3) is 0.0261. The van der Waals surface area contributed by atoms with E-state index in [1.165, 1.54) is 59.8 Å². The lowest BCUT2D eigenvalue weighted by atomic mass is 9.76. The molecule has 0 saturated heterocycles. The fourth-order valence-electron chi connectivity index (χ4n) is 17.3. The maximum Gasteiger partial charge on any atom is 0.141 e. The molecule has 20 rings (SSSR count). The van der Waals surface area contributed by atoms with Gasteiger partial charge in [-0.3, -0.25) is 0 Å². The molecule has 0 aliphatic heterocycles. The molecule has 0 radical (unpaired) electrons. The van der Waals surface area contributed by atoms with E-state index in [1.54, 1.807) is 0 Å². The minimum absolute atomic E-state index is 0.798. The third kappa shape index (κ3) is 16.0. The van der Waals surface area contributed by atoms with Crippen LogP contribution in [0.15, 0.2) is 487 Å². The topological polar surface area (TPSA) is 60.7 Å². The van der Waals surface area contributed by atoms with Crippen molar-refractivity contribution in [1.82, 2.24) is 0 Å². The number of halogens is 3. The Morgan fingerprint density at radius 3 is 0.926 bits per heavy atom. The Morgan fingerprint density at radius 1 is 0.149 bits per heavy atom. The van der Waals surface area contributed by atoms with Crippen LogP contribution in [0.1, 0.15) is 50.1 Å². The molecule has 0 saturated carbocycles. The Balaban J connectivity index is 0.000000125. The summed E-state index contributed by atoms with van der Waals surface area (Å²) >= 11 is 10.9. The fourth-order valence-corrected chi connectivity index (χ4v) is 18.5. The largest absolute Gasteiger partial charge is 0.376 e. The molecule has 0 aromatic heterocycles. The lowest BCUT2D eigenvalue weighted by Gasteiger charge is -2.32. The highest BCUT2D eigenvalue weighted by Crippen LogP contribution is 2.48. The highest BCUT2D eigenvalue weighted by atomic mass is 79.9. The number of benzene rings is 20. The summed E-state index contributed by atoms with van der Waals surface area (Å²) in [4.78, 5) is 0. The van der Waals surface area contributed by atoms with Gasteiger partial charge in [0, 0.05) is 30.1 Å². The van der Waals surface area contributed by atoms with Crippen molar-refractivity contribution >= 4 is 90.9 Å². The lowest BCUT2D eigenvalue weighted by molar-refractivity contribution is 0.126. The van der Waals surface area contributed by atoms with E-state index < -0.39 is 16.8 Å². The van der Waals surface area contributed by atoms with Crippen LogP contribution in [0.25, 0.3) is 121 Å². The molecule has 20 aromatic carbocycles. The van der Waals surface area contributed by atoms with Crippen LogP contribution in [0.4, 0.5) is 0 Å². The number of rotatable bonds is 16. The summed E-state index contributed by atoms with van der Waals surface area (Å²) in [6.45, 7) is 0. The van der Waals surface area contributed by atoms with E-state index >= 15 is 0 Å². The minimum atomic E-state index is -1.40. The summed E-state index contributed by atoms with van der Waals surface area (Å²) < 4.78 is 2.76. The van der Waals surface area contributed by atoms with E-state index in [1.807, 2.05) is 194 Å². The minimum Gasteiger partial charge on any atom is -0.376 e. The molecule has 0 bridgehead atoms. The first-order valence-electron chi connectivity index (χ1n) is 40.6. The Labute approximate surface area is 731 Å². The predicted molar refractivity (Wildman–Crippen MR) is 515 cm³/mol. The normalized spacial score (nSPS) is 12.7. The number of hydrogen-bond acceptors (Lipinski definition) is 3. The molecule has 0 heterocycles. The van der Waals surface area contributed by atoms with Crippen molar-refractivity contribution in [3.8, 4) is 77.9 Å². The lowest BCUT2D eigenvalue weighted by Crippen LogP contribution is -2.29.